The molecule has 184 valence electrons. The maximum absolute atomic E-state index is 12.3. The molecule has 0 unspecified atom stereocenters. The Morgan fingerprint density at radius 2 is 1.79 bits per heavy atom. The van der Waals surface area contributed by atoms with Crippen LogP contribution in [0.2, 0.25) is 15.2 Å². The number of thioether (sulfide) groups is 1. The Bertz CT molecular complexity index is 1000. The Labute approximate surface area is 218 Å². The number of carbonyl (C=O) groups excluding carboxylic acids is 2. The Kier molecular flexibility index (Phi) is 10.4. The van der Waals surface area contributed by atoms with Crippen LogP contribution >= 0.6 is 46.6 Å². The van der Waals surface area contributed by atoms with Gasteiger partial charge in [0.1, 0.15) is 11.0 Å². The first-order chi connectivity index (χ1) is 16.4. The number of rotatable bonds is 9. The second kappa shape index (κ2) is 13.2. The second-order valence-corrected chi connectivity index (χ2v) is 9.84. The summed E-state index contributed by atoms with van der Waals surface area (Å²) in [7, 11) is 0. The van der Waals surface area contributed by atoms with Gasteiger partial charge in [0.15, 0.2) is 5.16 Å². The van der Waals surface area contributed by atoms with Gasteiger partial charge in [-0.05, 0) is 30.5 Å². The Hall–Kier alpha value is -1.94. The van der Waals surface area contributed by atoms with Crippen molar-refractivity contribution in [2.75, 3.05) is 49.9 Å². The number of nitrogens with zero attached hydrogens (tertiary/aromatic N) is 4. The van der Waals surface area contributed by atoms with Gasteiger partial charge in [-0.1, -0.05) is 59.6 Å². The molecule has 8 nitrogen and oxygen atoms in total. The lowest BCUT2D eigenvalue weighted by molar-refractivity contribution is -0.118. The molecule has 12 heteroatoms. The number of benzene rings is 1. The third-order valence-electron chi connectivity index (χ3n) is 5.14. The van der Waals surface area contributed by atoms with Gasteiger partial charge in [-0.2, -0.15) is 0 Å². The zero-order valence-corrected chi connectivity index (χ0v) is 21.9. The van der Waals surface area contributed by atoms with Gasteiger partial charge < -0.3 is 20.4 Å². The second-order valence-electron chi connectivity index (χ2n) is 7.66. The molecule has 0 spiro atoms. The van der Waals surface area contributed by atoms with Gasteiger partial charge in [-0.25, -0.2) is 14.8 Å². The minimum absolute atomic E-state index is 0.0391. The van der Waals surface area contributed by atoms with Crippen molar-refractivity contribution in [1.82, 2.24) is 25.5 Å². The number of aromatic nitrogens is 2. The van der Waals surface area contributed by atoms with Crippen molar-refractivity contribution in [3.8, 4) is 0 Å². The summed E-state index contributed by atoms with van der Waals surface area (Å²) in [5.74, 6) is 0.722. The molecule has 0 bridgehead atoms. The van der Waals surface area contributed by atoms with Crippen LogP contribution in [0.15, 0.2) is 29.4 Å². The first kappa shape index (κ1) is 26.7. The number of piperazine rings is 1. The normalized spacial score (nSPS) is 13.6. The van der Waals surface area contributed by atoms with Crippen molar-refractivity contribution < 1.29 is 9.59 Å². The number of halogens is 3. The number of urea groups is 1. The van der Waals surface area contributed by atoms with E-state index in [1.807, 2.05) is 13.0 Å². The summed E-state index contributed by atoms with van der Waals surface area (Å²) in [5, 5.41) is 7.68. The van der Waals surface area contributed by atoms with E-state index in [4.69, 9.17) is 34.8 Å². The Morgan fingerprint density at radius 1 is 1.03 bits per heavy atom. The largest absolute Gasteiger partial charge is 0.355 e. The molecule has 1 aliphatic rings. The number of nitrogens with one attached hydrogen (secondary N) is 2. The van der Waals surface area contributed by atoms with E-state index in [-0.39, 0.29) is 17.7 Å². The molecule has 0 radical (unpaired) electrons. The van der Waals surface area contributed by atoms with E-state index in [0.717, 1.165) is 12.0 Å². The van der Waals surface area contributed by atoms with Crippen molar-refractivity contribution in [1.29, 1.82) is 0 Å². The third-order valence-corrected chi connectivity index (χ3v) is 6.77. The van der Waals surface area contributed by atoms with E-state index in [1.54, 1.807) is 23.1 Å². The van der Waals surface area contributed by atoms with Crippen LogP contribution < -0.4 is 15.5 Å². The zero-order chi connectivity index (χ0) is 24.5. The number of hydrogen-bond donors (Lipinski definition) is 2. The maximum Gasteiger partial charge on any atom is 0.317 e. The van der Waals surface area contributed by atoms with Crippen LogP contribution in [0.1, 0.15) is 18.9 Å². The van der Waals surface area contributed by atoms with Gasteiger partial charge >= 0.3 is 6.03 Å². The lowest BCUT2D eigenvalue weighted by Crippen LogP contribution is -2.52. The standard InChI is InChI=1S/C22H27Cl3N6O2S/c1-2-6-27-22(33)31-10-8-30(9-11-31)19-13-18(25)28-21(29-19)34-14-20(32)26-7-5-15-3-4-16(23)12-17(15)24/h3-4,12-13H,2,5-11,14H2,1H3,(H,26,32)(H,27,33). The predicted octanol–water partition coefficient (Wildman–Crippen LogP) is 4.13. The zero-order valence-electron chi connectivity index (χ0n) is 18.8. The number of anilines is 1. The fourth-order valence-corrected chi connectivity index (χ4v) is 4.75. The highest BCUT2D eigenvalue weighted by molar-refractivity contribution is 7.99. The lowest BCUT2D eigenvalue weighted by Gasteiger charge is -2.35. The molecule has 0 atom stereocenters. The Balaban J connectivity index is 1.46. The number of carbonyl (C=O) groups is 2. The lowest BCUT2D eigenvalue weighted by atomic mass is 10.1. The summed E-state index contributed by atoms with van der Waals surface area (Å²) in [6, 6.07) is 6.97. The maximum atomic E-state index is 12.3. The first-order valence-corrected chi connectivity index (χ1v) is 13.1. The summed E-state index contributed by atoms with van der Waals surface area (Å²) in [4.78, 5) is 37.1. The van der Waals surface area contributed by atoms with Crippen LogP contribution in [0.25, 0.3) is 0 Å². The monoisotopic (exact) mass is 544 g/mol. The molecule has 2 aromatic rings. The highest BCUT2D eigenvalue weighted by atomic mass is 35.5. The smallest absolute Gasteiger partial charge is 0.317 e. The van der Waals surface area contributed by atoms with Crippen molar-refractivity contribution in [3.05, 3.63) is 45.0 Å². The van der Waals surface area contributed by atoms with E-state index in [0.29, 0.717) is 71.9 Å². The van der Waals surface area contributed by atoms with Gasteiger partial charge in [0.05, 0.1) is 5.75 Å². The molecule has 0 aliphatic carbocycles. The van der Waals surface area contributed by atoms with Crippen LogP contribution in [-0.2, 0) is 11.2 Å². The van der Waals surface area contributed by atoms with E-state index < -0.39 is 0 Å². The number of hydrogen-bond acceptors (Lipinski definition) is 6. The SMILES string of the molecule is CCCNC(=O)N1CCN(c2cc(Cl)nc(SCC(=O)NCCc3ccc(Cl)cc3Cl)n2)CC1. The van der Waals surface area contributed by atoms with Gasteiger partial charge in [0.2, 0.25) is 5.91 Å². The summed E-state index contributed by atoms with van der Waals surface area (Å²) in [6.45, 7) is 5.63. The summed E-state index contributed by atoms with van der Waals surface area (Å²) in [6.07, 6.45) is 1.51. The molecule has 3 amide bonds. The van der Waals surface area contributed by atoms with Crippen molar-refractivity contribution >= 4 is 64.3 Å². The molecule has 1 aliphatic heterocycles. The van der Waals surface area contributed by atoms with Gasteiger partial charge in [0.25, 0.3) is 0 Å². The van der Waals surface area contributed by atoms with Crippen LogP contribution in [0, 0.1) is 0 Å². The van der Waals surface area contributed by atoms with E-state index >= 15 is 0 Å². The van der Waals surface area contributed by atoms with E-state index in [1.165, 1.54) is 11.8 Å². The molecule has 3 rings (SSSR count). The average molecular weight is 546 g/mol. The average Bonchev–Trinajstić information content (AvgIpc) is 2.82. The summed E-state index contributed by atoms with van der Waals surface area (Å²) >= 11 is 19.5. The number of amides is 3. The molecule has 0 saturated carbocycles. The third kappa shape index (κ3) is 8.08. The highest BCUT2D eigenvalue weighted by Crippen LogP contribution is 2.23. The summed E-state index contributed by atoms with van der Waals surface area (Å²) < 4.78 is 0. The molecule has 1 aromatic heterocycles. The van der Waals surface area contributed by atoms with Gasteiger partial charge in [-0.3, -0.25) is 4.79 Å². The molecule has 1 fully saturated rings. The molecular formula is C22H27Cl3N6O2S. The molecular weight excluding hydrogens is 519 g/mol. The van der Waals surface area contributed by atoms with Crippen LogP contribution in [0.4, 0.5) is 10.6 Å². The van der Waals surface area contributed by atoms with Gasteiger partial charge in [-0.15, -0.1) is 0 Å². The Morgan fingerprint density at radius 3 is 2.50 bits per heavy atom. The van der Waals surface area contributed by atoms with Crippen molar-refractivity contribution in [2.24, 2.45) is 0 Å². The minimum Gasteiger partial charge on any atom is -0.355 e. The van der Waals surface area contributed by atoms with Crippen LogP contribution in [-0.4, -0.2) is 71.8 Å². The molecule has 34 heavy (non-hydrogen) atoms. The topological polar surface area (TPSA) is 90.5 Å². The van der Waals surface area contributed by atoms with E-state index in [2.05, 4.69) is 25.5 Å². The van der Waals surface area contributed by atoms with E-state index in [9.17, 15) is 9.59 Å². The molecule has 1 aromatic carbocycles. The predicted molar refractivity (Wildman–Crippen MR) is 138 cm³/mol. The minimum atomic E-state index is -0.132. The van der Waals surface area contributed by atoms with Crippen molar-refractivity contribution in [2.45, 2.75) is 24.9 Å². The summed E-state index contributed by atoms with van der Waals surface area (Å²) in [5.41, 5.74) is 0.921. The molecule has 2 N–H and O–H groups in total. The highest BCUT2D eigenvalue weighted by Gasteiger charge is 2.22. The van der Waals surface area contributed by atoms with Crippen LogP contribution in [0.3, 0.4) is 0 Å². The van der Waals surface area contributed by atoms with Crippen LogP contribution in [0.5, 0.6) is 0 Å². The quantitative estimate of drug-likeness (QED) is 0.280. The molecule has 1 saturated heterocycles. The van der Waals surface area contributed by atoms with Gasteiger partial charge in [0, 0.05) is 55.4 Å². The molecule has 2 heterocycles. The fraction of sp³-hybridized carbons (Fsp3) is 0.455. The van der Waals surface area contributed by atoms with Crippen molar-refractivity contribution in [3.63, 3.8) is 0 Å². The fourth-order valence-electron chi connectivity index (χ4n) is 3.34. The first-order valence-electron chi connectivity index (χ1n) is 11.0.